The second kappa shape index (κ2) is 13.4. The lowest BCUT2D eigenvalue weighted by Crippen LogP contribution is -2.24. The van der Waals surface area contributed by atoms with Crippen molar-refractivity contribution in [2.75, 3.05) is 6.61 Å². The van der Waals surface area contributed by atoms with Crippen LogP contribution in [0.2, 0.25) is 5.02 Å². The van der Waals surface area contributed by atoms with Gasteiger partial charge in [0.2, 0.25) is 0 Å². The highest BCUT2D eigenvalue weighted by atomic mass is 79.9. The van der Waals surface area contributed by atoms with Gasteiger partial charge in [-0.05, 0) is 72.3 Å². The van der Waals surface area contributed by atoms with Crippen molar-refractivity contribution in [2.24, 2.45) is 5.10 Å². The van der Waals surface area contributed by atoms with Crippen molar-refractivity contribution in [1.29, 1.82) is 0 Å². The lowest BCUT2D eigenvalue weighted by Gasteiger charge is -2.09. The molecule has 192 valence electrons. The molecule has 0 spiro atoms. The normalized spacial score (nSPS) is 10.7. The van der Waals surface area contributed by atoms with Gasteiger partial charge in [0.25, 0.3) is 5.91 Å². The Balaban J connectivity index is 1.27. The van der Waals surface area contributed by atoms with Crippen molar-refractivity contribution < 1.29 is 23.8 Å². The van der Waals surface area contributed by atoms with Crippen LogP contribution in [0.25, 0.3) is 0 Å². The number of hydrogen-bond donors (Lipinski definition) is 1. The third-order valence-corrected chi connectivity index (χ3v) is 5.83. The molecule has 4 rings (SSSR count). The number of carbonyl (C=O) groups is 2. The maximum absolute atomic E-state index is 12.5. The molecule has 0 radical (unpaired) electrons. The van der Waals surface area contributed by atoms with Crippen molar-refractivity contribution >= 4 is 45.6 Å². The molecule has 0 aliphatic rings. The lowest BCUT2D eigenvalue weighted by molar-refractivity contribution is -0.123. The molecular weight excluding hydrogens is 572 g/mol. The Labute approximate surface area is 233 Å². The van der Waals surface area contributed by atoms with Gasteiger partial charge in [-0.15, -0.1) is 0 Å². The molecule has 0 aliphatic carbocycles. The predicted molar refractivity (Wildman–Crippen MR) is 149 cm³/mol. The highest BCUT2D eigenvalue weighted by molar-refractivity contribution is 9.10. The van der Waals surface area contributed by atoms with Crippen molar-refractivity contribution in [1.82, 2.24) is 5.43 Å². The Morgan fingerprint density at radius 1 is 0.868 bits per heavy atom. The van der Waals surface area contributed by atoms with Crippen LogP contribution in [0.4, 0.5) is 0 Å². The monoisotopic (exact) mass is 592 g/mol. The Kier molecular flexibility index (Phi) is 9.50. The second-order valence-electron chi connectivity index (χ2n) is 7.91. The maximum atomic E-state index is 12.5. The molecule has 0 saturated heterocycles. The number of halogens is 2. The van der Waals surface area contributed by atoms with Crippen molar-refractivity contribution in [2.45, 2.75) is 6.61 Å². The van der Waals surface area contributed by atoms with Crippen molar-refractivity contribution in [3.05, 3.63) is 123 Å². The largest absolute Gasteiger partial charge is 0.489 e. The number of hydrogen-bond acceptors (Lipinski definition) is 6. The summed E-state index contributed by atoms with van der Waals surface area (Å²) in [5.74, 6) is 0.473. The van der Waals surface area contributed by atoms with Crippen molar-refractivity contribution in [3.63, 3.8) is 0 Å². The molecule has 38 heavy (non-hydrogen) atoms. The summed E-state index contributed by atoms with van der Waals surface area (Å²) in [6.07, 6.45) is 1.38. The second-order valence-corrected chi connectivity index (χ2v) is 9.26. The van der Waals surface area contributed by atoms with Crippen LogP contribution in [-0.4, -0.2) is 24.7 Å². The van der Waals surface area contributed by atoms with Gasteiger partial charge in [-0.25, -0.2) is 10.2 Å². The third kappa shape index (κ3) is 8.19. The van der Waals surface area contributed by atoms with E-state index in [-0.39, 0.29) is 12.4 Å². The van der Waals surface area contributed by atoms with Gasteiger partial charge in [0.1, 0.15) is 23.9 Å². The smallest absolute Gasteiger partial charge is 0.343 e. The van der Waals surface area contributed by atoms with Crippen LogP contribution in [-0.2, 0) is 11.4 Å². The van der Waals surface area contributed by atoms with E-state index in [1.165, 1.54) is 6.21 Å². The summed E-state index contributed by atoms with van der Waals surface area (Å²) in [7, 11) is 0. The molecule has 0 heterocycles. The van der Waals surface area contributed by atoms with Crippen LogP contribution < -0.4 is 19.6 Å². The molecule has 4 aromatic rings. The minimum Gasteiger partial charge on any atom is -0.489 e. The Morgan fingerprint density at radius 2 is 1.55 bits per heavy atom. The van der Waals surface area contributed by atoms with E-state index in [0.29, 0.717) is 34.3 Å². The Bertz CT molecular complexity index is 1410. The van der Waals surface area contributed by atoms with Crippen LogP contribution in [0.5, 0.6) is 17.2 Å². The number of hydrazone groups is 1. The number of carbonyl (C=O) groups excluding carboxylic acids is 2. The summed E-state index contributed by atoms with van der Waals surface area (Å²) in [5.41, 5.74) is 4.30. The standard InChI is InChI=1S/C29H22BrClN2O5/c30-23-8-15-27(38-29(35)21-6-9-24(31)10-7-21)22(16-23)17-32-33-28(34)19-37-26-13-11-25(12-14-26)36-18-20-4-2-1-3-5-20/h1-17H,18-19H2,(H,33,34)/b32-17+. The van der Waals surface area contributed by atoms with Gasteiger partial charge in [-0.1, -0.05) is 57.9 Å². The van der Waals surface area contributed by atoms with Gasteiger partial charge >= 0.3 is 5.97 Å². The van der Waals surface area contributed by atoms with Crippen LogP contribution >= 0.6 is 27.5 Å². The minimum absolute atomic E-state index is 0.238. The zero-order chi connectivity index (χ0) is 26.7. The maximum Gasteiger partial charge on any atom is 0.343 e. The predicted octanol–water partition coefficient (Wildman–Crippen LogP) is 6.43. The first-order valence-electron chi connectivity index (χ1n) is 11.4. The molecule has 0 aliphatic heterocycles. The fraction of sp³-hybridized carbons (Fsp3) is 0.0690. The van der Waals surface area contributed by atoms with E-state index in [0.717, 1.165) is 10.0 Å². The van der Waals surface area contributed by atoms with Crippen LogP contribution in [0.3, 0.4) is 0 Å². The van der Waals surface area contributed by atoms with E-state index in [1.807, 2.05) is 30.3 Å². The summed E-state index contributed by atoms with van der Waals surface area (Å²) < 4.78 is 17.5. The number of rotatable bonds is 10. The molecule has 0 saturated carbocycles. The molecule has 0 atom stereocenters. The highest BCUT2D eigenvalue weighted by Gasteiger charge is 2.12. The van der Waals surface area contributed by atoms with Gasteiger partial charge in [-0.2, -0.15) is 5.10 Å². The van der Waals surface area contributed by atoms with Gasteiger partial charge < -0.3 is 14.2 Å². The first kappa shape index (κ1) is 26.9. The molecule has 0 bridgehead atoms. The van der Waals surface area contributed by atoms with Crippen LogP contribution in [0.1, 0.15) is 21.5 Å². The lowest BCUT2D eigenvalue weighted by atomic mass is 10.2. The molecule has 0 fully saturated rings. The number of amides is 1. The number of benzene rings is 4. The Morgan fingerprint density at radius 3 is 2.26 bits per heavy atom. The number of esters is 1. The van der Waals surface area contributed by atoms with E-state index in [2.05, 4.69) is 26.5 Å². The topological polar surface area (TPSA) is 86.2 Å². The molecule has 0 aromatic heterocycles. The van der Waals surface area contributed by atoms with E-state index in [4.69, 9.17) is 25.8 Å². The quantitative estimate of drug-likeness (QED) is 0.0991. The third-order valence-electron chi connectivity index (χ3n) is 5.09. The summed E-state index contributed by atoms with van der Waals surface area (Å²) in [6.45, 7) is 0.222. The molecule has 4 aromatic carbocycles. The zero-order valence-electron chi connectivity index (χ0n) is 20.0. The number of ether oxygens (including phenoxy) is 3. The first-order valence-corrected chi connectivity index (χ1v) is 12.6. The van der Waals surface area contributed by atoms with E-state index in [1.54, 1.807) is 66.7 Å². The molecule has 1 N–H and O–H groups in total. The van der Waals surface area contributed by atoms with Gasteiger partial charge in [0.05, 0.1) is 11.8 Å². The van der Waals surface area contributed by atoms with Gasteiger partial charge in [0, 0.05) is 15.1 Å². The average molecular weight is 594 g/mol. The van der Waals surface area contributed by atoms with Crippen LogP contribution in [0, 0.1) is 0 Å². The van der Waals surface area contributed by atoms with Crippen LogP contribution in [0.15, 0.2) is 107 Å². The minimum atomic E-state index is -0.549. The fourth-order valence-electron chi connectivity index (χ4n) is 3.19. The summed E-state index contributed by atoms with van der Waals surface area (Å²) in [4.78, 5) is 24.7. The molecule has 1 amide bonds. The van der Waals surface area contributed by atoms with Gasteiger partial charge in [0.15, 0.2) is 6.61 Å². The Hall–Kier alpha value is -4.14. The number of nitrogens with one attached hydrogen (secondary N) is 1. The molecule has 9 heteroatoms. The average Bonchev–Trinajstić information content (AvgIpc) is 2.93. The van der Waals surface area contributed by atoms with E-state index in [9.17, 15) is 9.59 Å². The molecular formula is C29H22BrClN2O5. The zero-order valence-corrected chi connectivity index (χ0v) is 22.3. The SMILES string of the molecule is O=C(COc1ccc(OCc2ccccc2)cc1)N/N=C/c1cc(Br)ccc1OC(=O)c1ccc(Cl)cc1. The summed E-state index contributed by atoms with van der Waals surface area (Å²) >= 11 is 9.25. The fourth-order valence-corrected chi connectivity index (χ4v) is 3.69. The molecule has 7 nitrogen and oxygen atoms in total. The first-order chi connectivity index (χ1) is 18.5. The van der Waals surface area contributed by atoms with Gasteiger partial charge in [-0.3, -0.25) is 4.79 Å². The van der Waals surface area contributed by atoms with E-state index < -0.39 is 11.9 Å². The molecule has 0 unspecified atom stereocenters. The van der Waals surface area contributed by atoms with E-state index >= 15 is 0 Å². The summed E-state index contributed by atoms with van der Waals surface area (Å²) in [5, 5.41) is 4.48. The highest BCUT2D eigenvalue weighted by Crippen LogP contribution is 2.23. The number of nitrogens with zero attached hydrogens (tertiary/aromatic N) is 1. The summed E-state index contributed by atoms with van der Waals surface area (Å²) in [6, 6.07) is 28.3. The van der Waals surface area contributed by atoms with Crippen molar-refractivity contribution in [3.8, 4) is 17.2 Å².